The fourth-order valence-electron chi connectivity index (χ4n) is 1.12. The molecule has 0 unspecified atom stereocenters. The van der Waals surface area contributed by atoms with E-state index in [0.717, 1.165) is 0 Å². The molecule has 1 amide bonds. The Bertz CT molecular complexity index is 148. The summed E-state index contributed by atoms with van der Waals surface area (Å²) < 4.78 is 3.74. The largest absolute Gasteiger partial charge is 0.370 e. The van der Waals surface area contributed by atoms with E-state index in [0.29, 0.717) is 0 Å². The van der Waals surface area contributed by atoms with Gasteiger partial charge >= 0.3 is 0 Å². The molecule has 0 aliphatic rings. The van der Waals surface area contributed by atoms with Gasteiger partial charge in [-0.2, -0.15) is 0 Å². The van der Waals surface area contributed by atoms with Crippen LogP contribution in [0.3, 0.4) is 0 Å². The normalized spacial score (nSPS) is 10.8. The fraction of sp³-hybridized carbons (Fsp3) is 0.875. The van der Waals surface area contributed by atoms with Gasteiger partial charge in [-0.05, 0) is 0 Å². The Hall–Kier alpha value is 0.461. The van der Waals surface area contributed by atoms with Crippen molar-refractivity contribution in [2.24, 2.45) is 5.73 Å². The number of nitrogens with one attached hydrogen (secondary N) is 1. The maximum absolute atomic E-state index is 9.22. The van der Waals surface area contributed by atoms with E-state index in [-0.39, 0.29) is 24.8 Å². The summed E-state index contributed by atoms with van der Waals surface area (Å²) in [5, 5.41) is 0. The molecule has 0 atom stereocenters. The number of hydrogen-bond acceptors (Lipinski definition) is 2. The van der Waals surface area contributed by atoms with Crippen LogP contribution in [0.4, 0.5) is 0 Å². The smallest absolute Gasteiger partial charge is 0.214 e. The molecule has 0 fully saturated rings. The van der Waals surface area contributed by atoms with Gasteiger partial charge in [0.2, 0.25) is 5.91 Å². The Morgan fingerprint density at radius 2 is 1.14 bits per heavy atom. The summed E-state index contributed by atoms with van der Waals surface area (Å²) in [6.07, 6.45) is 0. The number of primary amides is 1. The maximum Gasteiger partial charge on any atom is 0.214 e. The number of carbonyl (C=O) groups is 1. The van der Waals surface area contributed by atoms with Crippen LogP contribution in [0.1, 0.15) is 6.92 Å². The van der Waals surface area contributed by atoms with Gasteiger partial charge in [0.25, 0.3) is 0 Å². The molecule has 1 radical (unpaired) electrons. The molecule has 0 bridgehead atoms. The van der Waals surface area contributed by atoms with E-state index in [9.17, 15) is 4.79 Å². The van der Waals surface area contributed by atoms with Gasteiger partial charge < -0.3 is 10.4 Å². The number of nitrogens with two attached hydrogens (primary N) is 1. The third-order valence-corrected chi connectivity index (χ3v) is 6.75. The van der Waals surface area contributed by atoms with Gasteiger partial charge in [0.05, 0.1) is 0 Å². The van der Waals surface area contributed by atoms with Gasteiger partial charge in [-0.15, -0.1) is 0 Å². The van der Waals surface area contributed by atoms with Crippen molar-refractivity contribution < 1.29 is 4.79 Å². The van der Waals surface area contributed by atoms with Gasteiger partial charge in [0.1, 0.15) is 16.5 Å². The molecule has 0 saturated heterocycles. The predicted molar refractivity (Wildman–Crippen MR) is 70.5 cm³/mol. The minimum Gasteiger partial charge on any atom is -0.370 e. The van der Waals surface area contributed by atoms with Crippen LogP contribution >= 0.6 is 0 Å². The first-order valence-corrected chi connectivity index (χ1v) is 11.5. The van der Waals surface area contributed by atoms with Crippen LogP contribution in [-0.4, -0.2) is 41.2 Å². The molecule has 0 aromatic carbocycles. The van der Waals surface area contributed by atoms with Crippen molar-refractivity contribution in [3.63, 3.8) is 0 Å². The van der Waals surface area contributed by atoms with Crippen molar-refractivity contribution in [3.8, 4) is 0 Å². The van der Waals surface area contributed by atoms with Crippen molar-refractivity contribution in [1.82, 2.24) is 4.65 Å². The first-order valence-electron chi connectivity index (χ1n) is 4.49. The standard InChI is InChI=1S/C6H19NSi2.C2H5NO.Li/c1-8(2,3)7-9(4,5)6;1-2(3)4;/h7H,1-6H3;1H3,(H2,3,4);. The number of rotatable bonds is 2. The first-order chi connectivity index (χ1) is 5.44. The van der Waals surface area contributed by atoms with E-state index in [1.165, 1.54) is 6.92 Å². The summed E-state index contributed by atoms with van der Waals surface area (Å²) in [4.78, 5) is 9.22. The van der Waals surface area contributed by atoms with Gasteiger partial charge in [-0.25, -0.2) is 0 Å². The van der Waals surface area contributed by atoms with Gasteiger partial charge in [0, 0.05) is 25.8 Å². The maximum atomic E-state index is 9.22. The number of carbonyl (C=O) groups excluding carboxylic acids is 1. The molecule has 0 saturated carbocycles. The van der Waals surface area contributed by atoms with E-state index < -0.39 is 16.5 Å². The molecule has 0 aromatic heterocycles. The van der Waals surface area contributed by atoms with Crippen molar-refractivity contribution in [2.45, 2.75) is 46.2 Å². The quantitative estimate of drug-likeness (QED) is 0.700. The Labute approximate surface area is 103 Å². The van der Waals surface area contributed by atoms with E-state index >= 15 is 0 Å². The van der Waals surface area contributed by atoms with E-state index in [4.69, 9.17) is 0 Å². The van der Waals surface area contributed by atoms with E-state index in [1.54, 1.807) is 0 Å². The Balaban J connectivity index is -0.000000209. The summed E-state index contributed by atoms with van der Waals surface area (Å²) >= 11 is 0. The van der Waals surface area contributed by atoms with Crippen molar-refractivity contribution in [3.05, 3.63) is 0 Å². The summed E-state index contributed by atoms with van der Waals surface area (Å²) in [5.41, 5.74) is 4.47. The second-order valence-electron chi connectivity index (χ2n) is 5.24. The van der Waals surface area contributed by atoms with Crippen LogP contribution in [0.15, 0.2) is 0 Å². The zero-order valence-corrected chi connectivity index (χ0v) is 13.0. The molecule has 3 N–H and O–H groups in total. The Morgan fingerprint density at radius 3 is 1.14 bits per heavy atom. The van der Waals surface area contributed by atoms with Crippen LogP contribution in [0, 0.1) is 0 Å². The molecule has 0 spiro atoms. The zero-order chi connectivity index (χ0) is 11.3. The topological polar surface area (TPSA) is 55.1 Å². The molecular formula is C8H24LiN2OSi2. The van der Waals surface area contributed by atoms with Crippen LogP contribution in [0.25, 0.3) is 0 Å². The minimum absolute atomic E-state index is 0. The van der Waals surface area contributed by atoms with Gasteiger partial charge in [0.15, 0.2) is 0 Å². The third-order valence-electron chi connectivity index (χ3n) is 0.750. The third kappa shape index (κ3) is 39.2. The molecule has 3 nitrogen and oxygen atoms in total. The van der Waals surface area contributed by atoms with Crippen LogP contribution in [0.2, 0.25) is 39.3 Å². The molecule has 0 aromatic rings. The first kappa shape index (κ1) is 19.9. The summed E-state index contributed by atoms with van der Waals surface area (Å²) in [6.45, 7) is 15.4. The van der Waals surface area contributed by atoms with Crippen LogP contribution < -0.4 is 10.4 Å². The molecule has 14 heavy (non-hydrogen) atoms. The second-order valence-corrected chi connectivity index (χ2v) is 15.2. The second kappa shape index (κ2) is 7.71. The Morgan fingerprint density at radius 1 is 1.00 bits per heavy atom. The van der Waals surface area contributed by atoms with Gasteiger partial charge in [-0.1, -0.05) is 39.3 Å². The van der Waals surface area contributed by atoms with Crippen molar-refractivity contribution >= 4 is 41.2 Å². The summed E-state index contributed by atoms with van der Waals surface area (Å²) in [7, 11) is -1.96. The average Bonchev–Trinajstić information content (AvgIpc) is 1.47. The summed E-state index contributed by atoms with van der Waals surface area (Å²) in [5.74, 6) is -0.333. The van der Waals surface area contributed by atoms with Crippen molar-refractivity contribution in [2.75, 3.05) is 0 Å². The SMILES string of the molecule is CC(N)=O.C[Si](C)(C)N[Si](C)(C)C.[Li]. The molecule has 6 heteroatoms. The molecule has 0 heterocycles. The molecule has 81 valence electrons. The molecular weight excluding hydrogens is 203 g/mol. The number of amides is 1. The van der Waals surface area contributed by atoms with Crippen molar-refractivity contribution in [1.29, 1.82) is 0 Å². The number of hydrogen-bond donors (Lipinski definition) is 2. The monoisotopic (exact) mass is 227 g/mol. The van der Waals surface area contributed by atoms with E-state index in [2.05, 4.69) is 49.7 Å². The van der Waals surface area contributed by atoms with Crippen LogP contribution in [-0.2, 0) is 4.79 Å². The molecule has 0 aliphatic heterocycles. The average molecular weight is 227 g/mol. The Kier molecular flexibility index (Phi) is 11.0. The van der Waals surface area contributed by atoms with Gasteiger partial charge in [-0.3, -0.25) is 4.79 Å². The predicted octanol–water partition coefficient (Wildman–Crippen LogP) is 1.36. The van der Waals surface area contributed by atoms with Crippen LogP contribution in [0.5, 0.6) is 0 Å². The zero-order valence-electron chi connectivity index (χ0n) is 11.0. The fourth-order valence-corrected chi connectivity index (χ4v) is 10.1. The summed E-state index contributed by atoms with van der Waals surface area (Å²) in [6, 6.07) is 0. The van der Waals surface area contributed by atoms with E-state index in [1.807, 2.05) is 0 Å². The molecule has 0 rings (SSSR count). The minimum atomic E-state index is -0.981. The molecule has 0 aliphatic carbocycles.